The Hall–Kier alpha value is -4.19. The largest absolute Gasteiger partial charge is 0.485 e. The summed E-state index contributed by atoms with van der Waals surface area (Å²) in [4.78, 5) is 13.4. The van der Waals surface area contributed by atoms with E-state index in [0.29, 0.717) is 18.2 Å². The second-order valence-corrected chi connectivity index (χ2v) is 11.3. The number of amides is 1. The third-order valence-corrected chi connectivity index (χ3v) is 6.71. The maximum atomic E-state index is 15.1. The van der Waals surface area contributed by atoms with Gasteiger partial charge < -0.3 is 25.6 Å². The van der Waals surface area contributed by atoms with Crippen LogP contribution < -0.4 is 20.5 Å². The SMILES string of the molecule is CC(C)(C)Oc1cc([C@](NC(=O)C(N)C(O)(C(F)(F)F)C(F)(F)F)(c2ccccc2)c2cc(F)cc(OC(F)(F)C(F)F)c2)ccc1F. The number of aliphatic hydroxyl groups is 1. The summed E-state index contributed by atoms with van der Waals surface area (Å²) < 4.78 is 175. The molecule has 48 heavy (non-hydrogen) atoms. The van der Waals surface area contributed by atoms with Gasteiger partial charge in [0.1, 0.15) is 28.7 Å². The van der Waals surface area contributed by atoms with Crippen molar-refractivity contribution in [2.75, 3.05) is 0 Å². The fourth-order valence-corrected chi connectivity index (χ4v) is 4.55. The van der Waals surface area contributed by atoms with Crippen molar-refractivity contribution in [3.8, 4) is 11.5 Å². The van der Waals surface area contributed by atoms with Gasteiger partial charge in [-0.2, -0.15) is 43.9 Å². The lowest BCUT2D eigenvalue weighted by atomic mass is 9.76. The number of halogens is 12. The van der Waals surface area contributed by atoms with Crippen LogP contribution >= 0.6 is 0 Å². The molecule has 2 atom stereocenters. The van der Waals surface area contributed by atoms with E-state index in [1.54, 1.807) is 0 Å². The highest BCUT2D eigenvalue weighted by atomic mass is 19.4. The maximum Gasteiger partial charge on any atom is 0.461 e. The van der Waals surface area contributed by atoms with E-state index in [4.69, 9.17) is 10.5 Å². The zero-order valence-corrected chi connectivity index (χ0v) is 24.8. The van der Waals surface area contributed by atoms with Crippen LogP contribution in [0.5, 0.6) is 11.5 Å². The molecule has 0 aliphatic rings. The lowest BCUT2D eigenvalue weighted by molar-refractivity contribution is -0.371. The summed E-state index contributed by atoms with van der Waals surface area (Å²) in [7, 11) is 0. The molecule has 3 rings (SSSR count). The van der Waals surface area contributed by atoms with E-state index >= 15 is 4.39 Å². The number of nitrogens with one attached hydrogen (secondary N) is 1. The quantitative estimate of drug-likeness (QED) is 0.157. The Morgan fingerprint density at radius 2 is 1.33 bits per heavy atom. The molecule has 0 bridgehead atoms. The highest BCUT2D eigenvalue weighted by Crippen LogP contribution is 2.46. The molecular formula is C30H26F12N2O4. The van der Waals surface area contributed by atoms with Crippen LogP contribution in [0.1, 0.15) is 37.5 Å². The minimum absolute atomic E-state index is 0.188. The van der Waals surface area contributed by atoms with Crippen LogP contribution in [0, 0.1) is 11.6 Å². The Balaban J connectivity index is 2.47. The lowest BCUT2D eigenvalue weighted by Crippen LogP contribution is -2.71. The summed E-state index contributed by atoms with van der Waals surface area (Å²) in [6.45, 7) is 4.37. The van der Waals surface area contributed by atoms with Crippen molar-refractivity contribution in [2.24, 2.45) is 5.73 Å². The zero-order valence-electron chi connectivity index (χ0n) is 24.8. The van der Waals surface area contributed by atoms with E-state index in [-0.39, 0.29) is 11.6 Å². The Bertz CT molecular complexity index is 1590. The van der Waals surface area contributed by atoms with Crippen LogP contribution in [0.25, 0.3) is 0 Å². The standard InChI is InChI=1S/C30H26F12N2O4/c1-25(2,3)48-21-13-16(9-10-20(21)32)26(15-7-5-4-6-8-15,17-11-18(31)14-19(12-17)47-28(35,36)24(33)34)44-23(45)22(43)27(46,29(37,38)39)30(40,41)42/h4-14,22,24,46H,43H2,1-3H3,(H,44,45)/t22?,26-/m1/s1. The Morgan fingerprint density at radius 3 is 1.83 bits per heavy atom. The van der Waals surface area contributed by atoms with Crippen LogP contribution in [0.2, 0.25) is 0 Å². The second kappa shape index (κ2) is 13.0. The normalized spacial score (nSPS) is 15.1. The molecule has 1 amide bonds. The molecule has 264 valence electrons. The fourth-order valence-electron chi connectivity index (χ4n) is 4.55. The van der Waals surface area contributed by atoms with E-state index in [1.165, 1.54) is 39.0 Å². The highest BCUT2D eigenvalue weighted by Gasteiger charge is 2.75. The average Bonchev–Trinajstić information content (AvgIpc) is 2.94. The molecule has 1 unspecified atom stereocenters. The summed E-state index contributed by atoms with van der Waals surface area (Å²) in [6, 6.07) is 5.40. The number of hydrogen-bond donors (Lipinski definition) is 3. The predicted octanol–water partition coefficient (Wildman–Crippen LogP) is 6.97. The lowest BCUT2D eigenvalue weighted by Gasteiger charge is -2.41. The van der Waals surface area contributed by atoms with Gasteiger partial charge in [-0.15, -0.1) is 0 Å². The van der Waals surface area contributed by atoms with Crippen molar-refractivity contribution in [1.29, 1.82) is 0 Å². The summed E-state index contributed by atoms with van der Waals surface area (Å²) in [6.07, 6.45) is -22.9. The number of rotatable bonds is 10. The van der Waals surface area contributed by atoms with Crippen LogP contribution in [0.4, 0.5) is 52.7 Å². The first-order chi connectivity index (χ1) is 21.8. The first-order valence-corrected chi connectivity index (χ1v) is 13.4. The first kappa shape index (κ1) is 38.3. The number of nitrogens with two attached hydrogens (primary N) is 1. The first-order valence-electron chi connectivity index (χ1n) is 13.4. The molecule has 4 N–H and O–H groups in total. The minimum atomic E-state index is -6.61. The van der Waals surface area contributed by atoms with Crippen molar-refractivity contribution in [3.63, 3.8) is 0 Å². The van der Waals surface area contributed by atoms with Gasteiger partial charge in [0.05, 0.1) is 0 Å². The van der Waals surface area contributed by atoms with Crippen molar-refractivity contribution >= 4 is 5.91 Å². The number of benzene rings is 3. The Morgan fingerprint density at radius 1 is 0.771 bits per heavy atom. The number of carbonyl (C=O) groups is 1. The molecule has 0 radical (unpaired) electrons. The molecule has 0 spiro atoms. The number of carbonyl (C=O) groups excluding carboxylic acids is 1. The van der Waals surface area contributed by atoms with Crippen LogP contribution in [0.3, 0.4) is 0 Å². The smallest absolute Gasteiger partial charge is 0.461 e. The third-order valence-electron chi connectivity index (χ3n) is 6.71. The van der Waals surface area contributed by atoms with Crippen LogP contribution in [-0.2, 0) is 10.3 Å². The second-order valence-electron chi connectivity index (χ2n) is 11.3. The van der Waals surface area contributed by atoms with E-state index in [0.717, 1.165) is 24.3 Å². The maximum absolute atomic E-state index is 15.1. The molecule has 0 aromatic heterocycles. The van der Waals surface area contributed by atoms with Crippen LogP contribution in [-0.4, -0.2) is 53.1 Å². The highest BCUT2D eigenvalue weighted by molar-refractivity contribution is 5.85. The zero-order chi connectivity index (χ0) is 36.7. The fraction of sp³-hybridized carbons (Fsp3) is 0.367. The predicted molar refractivity (Wildman–Crippen MR) is 144 cm³/mol. The Labute approximate surface area is 264 Å². The molecule has 0 aliphatic heterocycles. The summed E-state index contributed by atoms with van der Waals surface area (Å²) in [5.41, 5.74) is -6.43. The molecule has 0 fully saturated rings. The van der Waals surface area contributed by atoms with E-state index in [9.17, 15) is 58.2 Å². The van der Waals surface area contributed by atoms with Gasteiger partial charge in [-0.3, -0.25) is 4.79 Å². The van der Waals surface area contributed by atoms with Gasteiger partial charge in [0, 0.05) is 6.07 Å². The molecule has 0 saturated carbocycles. The molecule has 3 aromatic rings. The van der Waals surface area contributed by atoms with Gasteiger partial charge in [0.2, 0.25) is 5.91 Å². The van der Waals surface area contributed by atoms with E-state index in [2.05, 4.69) is 4.74 Å². The van der Waals surface area contributed by atoms with E-state index < -0.39 is 87.8 Å². The van der Waals surface area contributed by atoms with Gasteiger partial charge >= 0.3 is 24.9 Å². The number of ether oxygens (including phenoxy) is 2. The minimum Gasteiger partial charge on any atom is -0.485 e. The molecular weight excluding hydrogens is 680 g/mol. The summed E-state index contributed by atoms with van der Waals surface area (Å²) >= 11 is 0. The van der Waals surface area contributed by atoms with E-state index in [1.807, 2.05) is 5.32 Å². The van der Waals surface area contributed by atoms with Gasteiger partial charge in [0.15, 0.2) is 11.6 Å². The monoisotopic (exact) mass is 706 g/mol. The van der Waals surface area contributed by atoms with Crippen molar-refractivity contribution in [3.05, 3.63) is 95.1 Å². The third kappa shape index (κ3) is 7.59. The molecule has 3 aromatic carbocycles. The summed E-state index contributed by atoms with van der Waals surface area (Å²) in [5.74, 6) is -6.99. The van der Waals surface area contributed by atoms with Crippen molar-refractivity contribution in [2.45, 2.75) is 68.4 Å². The molecule has 6 nitrogen and oxygen atoms in total. The van der Waals surface area contributed by atoms with Gasteiger partial charge in [0.25, 0.3) is 5.60 Å². The van der Waals surface area contributed by atoms with Gasteiger partial charge in [-0.05, 0) is 61.7 Å². The number of hydrogen-bond acceptors (Lipinski definition) is 5. The molecule has 0 saturated heterocycles. The Kier molecular flexibility index (Phi) is 10.4. The van der Waals surface area contributed by atoms with Crippen molar-refractivity contribution in [1.82, 2.24) is 5.32 Å². The molecule has 0 aliphatic carbocycles. The molecule has 18 heteroatoms. The van der Waals surface area contributed by atoms with Gasteiger partial charge in [-0.25, -0.2) is 8.78 Å². The van der Waals surface area contributed by atoms with Gasteiger partial charge in [-0.1, -0.05) is 36.4 Å². The van der Waals surface area contributed by atoms with Crippen LogP contribution in [0.15, 0.2) is 66.7 Å². The van der Waals surface area contributed by atoms with Crippen molar-refractivity contribution < 1.29 is 72.1 Å². The summed E-state index contributed by atoms with van der Waals surface area (Å²) in [5, 5.41) is 11.7. The number of alkyl halides is 10. The average molecular weight is 707 g/mol. The topological polar surface area (TPSA) is 93.8 Å². The molecule has 0 heterocycles.